The van der Waals surface area contributed by atoms with Crippen molar-refractivity contribution in [1.82, 2.24) is 34.3 Å². The van der Waals surface area contributed by atoms with Crippen LogP contribution in [0, 0.1) is 6.92 Å². The zero-order chi connectivity index (χ0) is 17.7. The highest BCUT2D eigenvalue weighted by Crippen LogP contribution is 2.24. The maximum absolute atomic E-state index is 6.26. The highest BCUT2D eigenvalue weighted by atomic mass is 35.5. The largest absolute Gasteiger partial charge is 0.265 e. The number of aromatic nitrogens is 7. The van der Waals surface area contributed by atoms with Crippen LogP contribution in [0.15, 0.2) is 55.2 Å². The van der Waals surface area contributed by atoms with Gasteiger partial charge in [0, 0.05) is 23.0 Å². The van der Waals surface area contributed by atoms with Crippen LogP contribution in [-0.4, -0.2) is 34.3 Å². The molecule has 126 valence electrons. The fraction of sp³-hybridized carbons (Fsp3) is 0.0556. The van der Waals surface area contributed by atoms with Crippen molar-refractivity contribution < 1.29 is 0 Å². The molecule has 0 bridgehead atoms. The number of rotatable bonds is 2. The second-order valence-corrected chi connectivity index (χ2v) is 6.32. The van der Waals surface area contributed by atoms with Gasteiger partial charge in [-0.25, -0.2) is 19.2 Å². The smallest absolute Gasteiger partial charge is 0.182 e. The number of aryl methyl sites for hydroxylation is 1. The fourth-order valence-corrected chi connectivity index (χ4v) is 3.02. The van der Waals surface area contributed by atoms with E-state index in [1.807, 2.05) is 37.3 Å². The molecule has 0 saturated carbocycles. The van der Waals surface area contributed by atoms with Crippen LogP contribution >= 0.6 is 11.6 Å². The summed E-state index contributed by atoms with van der Waals surface area (Å²) in [6.07, 6.45) is 6.82. The van der Waals surface area contributed by atoms with E-state index in [0.29, 0.717) is 22.1 Å². The van der Waals surface area contributed by atoms with Gasteiger partial charge in [0.1, 0.15) is 6.33 Å². The van der Waals surface area contributed by atoms with Gasteiger partial charge in [-0.3, -0.25) is 4.98 Å². The minimum atomic E-state index is 0.618. The molecule has 5 aromatic rings. The standard InChI is InChI=1S/C18H12ClN7/c1-11-2-3-13(8-15(11)19)26-17-14(9-22-26)18-23-16(24-25(18)10-21-17)12-4-6-20-7-5-12/h2-10H,1H3. The summed E-state index contributed by atoms with van der Waals surface area (Å²) in [5.74, 6) is 0.618. The molecule has 0 aliphatic rings. The van der Waals surface area contributed by atoms with E-state index in [1.165, 1.54) is 0 Å². The second-order valence-electron chi connectivity index (χ2n) is 5.91. The van der Waals surface area contributed by atoms with Crippen molar-refractivity contribution >= 4 is 28.3 Å². The quantitative estimate of drug-likeness (QED) is 0.481. The number of hydrogen-bond acceptors (Lipinski definition) is 5. The first-order chi connectivity index (χ1) is 12.7. The molecule has 0 atom stereocenters. The van der Waals surface area contributed by atoms with Gasteiger partial charge in [-0.15, -0.1) is 5.10 Å². The molecule has 0 fully saturated rings. The molecule has 0 spiro atoms. The van der Waals surface area contributed by atoms with Gasteiger partial charge in [0.15, 0.2) is 17.1 Å². The van der Waals surface area contributed by atoms with E-state index in [0.717, 1.165) is 22.2 Å². The number of pyridine rings is 1. The number of benzene rings is 1. The molecule has 7 nitrogen and oxygen atoms in total. The van der Waals surface area contributed by atoms with Gasteiger partial charge in [0.05, 0.1) is 17.3 Å². The number of halogens is 1. The van der Waals surface area contributed by atoms with Crippen LogP contribution in [0.1, 0.15) is 5.56 Å². The van der Waals surface area contributed by atoms with E-state index in [9.17, 15) is 0 Å². The molecule has 0 amide bonds. The average Bonchev–Trinajstić information content (AvgIpc) is 3.28. The van der Waals surface area contributed by atoms with E-state index >= 15 is 0 Å². The Hall–Kier alpha value is -3.32. The van der Waals surface area contributed by atoms with Crippen LogP contribution in [0.4, 0.5) is 0 Å². The lowest BCUT2D eigenvalue weighted by atomic mass is 10.2. The summed E-state index contributed by atoms with van der Waals surface area (Å²) in [4.78, 5) is 13.2. The molecule has 26 heavy (non-hydrogen) atoms. The van der Waals surface area contributed by atoms with E-state index < -0.39 is 0 Å². The Morgan fingerprint density at radius 2 is 1.88 bits per heavy atom. The van der Waals surface area contributed by atoms with Crippen molar-refractivity contribution in [2.75, 3.05) is 0 Å². The summed E-state index contributed by atoms with van der Waals surface area (Å²) in [7, 11) is 0. The van der Waals surface area contributed by atoms with E-state index in [4.69, 9.17) is 11.6 Å². The highest BCUT2D eigenvalue weighted by molar-refractivity contribution is 6.31. The lowest BCUT2D eigenvalue weighted by molar-refractivity contribution is 0.882. The minimum absolute atomic E-state index is 0.618. The van der Waals surface area contributed by atoms with Gasteiger partial charge >= 0.3 is 0 Å². The summed E-state index contributed by atoms with van der Waals surface area (Å²) in [6, 6.07) is 9.55. The molecule has 0 N–H and O–H groups in total. The van der Waals surface area contributed by atoms with Crippen LogP contribution in [0.5, 0.6) is 0 Å². The zero-order valence-corrected chi connectivity index (χ0v) is 14.5. The van der Waals surface area contributed by atoms with Gasteiger partial charge in [0.25, 0.3) is 0 Å². The average molecular weight is 362 g/mol. The maximum atomic E-state index is 6.26. The normalized spacial score (nSPS) is 11.5. The van der Waals surface area contributed by atoms with Crippen LogP contribution in [-0.2, 0) is 0 Å². The van der Waals surface area contributed by atoms with Crippen LogP contribution in [0.2, 0.25) is 5.02 Å². The number of fused-ring (bicyclic) bond motifs is 3. The zero-order valence-electron chi connectivity index (χ0n) is 13.7. The number of hydrogen-bond donors (Lipinski definition) is 0. The Labute approximate surface area is 152 Å². The van der Waals surface area contributed by atoms with Gasteiger partial charge in [0.2, 0.25) is 0 Å². The lowest BCUT2D eigenvalue weighted by Gasteiger charge is -2.05. The van der Waals surface area contributed by atoms with Crippen molar-refractivity contribution in [3.05, 3.63) is 65.8 Å². The van der Waals surface area contributed by atoms with Gasteiger partial charge < -0.3 is 0 Å². The molecule has 8 heteroatoms. The molecule has 4 aromatic heterocycles. The summed E-state index contributed by atoms with van der Waals surface area (Å²) >= 11 is 6.26. The summed E-state index contributed by atoms with van der Waals surface area (Å²) in [5.41, 5.74) is 4.16. The fourth-order valence-electron chi connectivity index (χ4n) is 2.85. The molecule has 4 heterocycles. The highest BCUT2D eigenvalue weighted by Gasteiger charge is 2.14. The molecular formula is C18H12ClN7. The van der Waals surface area contributed by atoms with E-state index in [-0.39, 0.29) is 0 Å². The van der Waals surface area contributed by atoms with Gasteiger partial charge in [-0.1, -0.05) is 17.7 Å². The Balaban J connectivity index is 1.71. The van der Waals surface area contributed by atoms with Crippen molar-refractivity contribution in [2.24, 2.45) is 0 Å². The molecule has 0 aliphatic carbocycles. The first-order valence-electron chi connectivity index (χ1n) is 7.97. The lowest BCUT2D eigenvalue weighted by Crippen LogP contribution is -1.99. The van der Waals surface area contributed by atoms with Crippen molar-refractivity contribution in [3.63, 3.8) is 0 Å². The molecule has 5 rings (SSSR count). The Morgan fingerprint density at radius 3 is 2.69 bits per heavy atom. The predicted octanol–water partition coefficient (Wildman–Crippen LogP) is 3.49. The number of nitrogens with zero attached hydrogens (tertiary/aromatic N) is 7. The SMILES string of the molecule is Cc1ccc(-n2ncc3c2ncn2nc(-c4ccncc4)nc32)cc1Cl. The third-order valence-corrected chi connectivity index (χ3v) is 4.65. The Morgan fingerprint density at radius 1 is 1.04 bits per heavy atom. The van der Waals surface area contributed by atoms with Gasteiger partial charge in [-0.05, 0) is 36.8 Å². The monoisotopic (exact) mass is 361 g/mol. The Bertz CT molecular complexity index is 1260. The summed E-state index contributed by atoms with van der Waals surface area (Å²) < 4.78 is 3.41. The van der Waals surface area contributed by atoms with Crippen molar-refractivity contribution in [3.8, 4) is 17.1 Å². The van der Waals surface area contributed by atoms with E-state index in [2.05, 4.69) is 25.1 Å². The minimum Gasteiger partial charge on any atom is -0.265 e. The van der Waals surface area contributed by atoms with Crippen LogP contribution in [0.25, 0.3) is 33.8 Å². The third kappa shape index (κ3) is 2.25. The maximum Gasteiger partial charge on any atom is 0.182 e. The topological polar surface area (TPSA) is 73.8 Å². The first-order valence-corrected chi connectivity index (χ1v) is 8.34. The molecule has 1 aromatic carbocycles. The van der Waals surface area contributed by atoms with Crippen LogP contribution < -0.4 is 0 Å². The molecule has 0 unspecified atom stereocenters. The third-order valence-electron chi connectivity index (χ3n) is 4.24. The molecule has 0 saturated heterocycles. The molecule has 0 radical (unpaired) electrons. The second kappa shape index (κ2) is 5.60. The predicted molar refractivity (Wildman–Crippen MR) is 98.4 cm³/mol. The van der Waals surface area contributed by atoms with E-state index in [1.54, 1.807) is 34.1 Å². The summed E-state index contributed by atoms with van der Waals surface area (Å²) in [5, 5.41) is 10.5. The first kappa shape index (κ1) is 15.0. The Kier molecular flexibility index (Phi) is 3.23. The molecule has 0 aliphatic heterocycles. The van der Waals surface area contributed by atoms with Crippen molar-refractivity contribution in [1.29, 1.82) is 0 Å². The summed E-state index contributed by atoms with van der Waals surface area (Å²) in [6.45, 7) is 1.96. The molecular weight excluding hydrogens is 350 g/mol. The van der Waals surface area contributed by atoms with Gasteiger partial charge in [-0.2, -0.15) is 5.10 Å². The van der Waals surface area contributed by atoms with Crippen LogP contribution in [0.3, 0.4) is 0 Å². The van der Waals surface area contributed by atoms with Crippen molar-refractivity contribution in [2.45, 2.75) is 6.92 Å².